The van der Waals surface area contributed by atoms with Crippen LogP contribution in [0.5, 0.6) is 11.5 Å². The summed E-state index contributed by atoms with van der Waals surface area (Å²) >= 11 is 6.22. The topological polar surface area (TPSA) is 103 Å². The highest BCUT2D eigenvalue weighted by Crippen LogP contribution is 2.37. The monoisotopic (exact) mass is 355 g/mol. The fourth-order valence-corrected chi connectivity index (χ4v) is 2.59. The van der Waals surface area contributed by atoms with E-state index < -0.39 is 6.03 Å². The largest absolute Gasteiger partial charge is 0.489 e. The highest BCUT2D eigenvalue weighted by molar-refractivity contribution is 6.32. The fourth-order valence-electron chi connectivity index (χ4n) is 2.30. The van der Waals surface area contributed by atoms with Crippen molar-refractivity contribution in [3.63, 3.8) is 0 Å². The number of amides is 3. The van der Waals surface area contributed by atoms with Gasteiger partial charge in [0.25, 0.3) is 0 Å². The van der Waals surface area contributed by atoms with Crippen LogP contribution in [-0.4, -0.2) is 31.7 Å². The van der Waals surface area contributed by atoms with Gasteiger partial charge in [0.2, 0.25) is 5.91 Å². The van der Waals surface area contributed by atoms with Crippen molar-refractivity contribution in [2.24, 2.45) is 5.73 Å². The molecule has 1 aliphatic heterocycles. The van der Waals surface area contributed by atoms with Gasteiger partial charge in [-0.3, -0.25) is 4.79 Å². The van der Waals surface area contributed by atoms with Gasteiger partial charge in [-0.2, -0.15) is 0 Å². The van der Waals surface area contributed by atoms with E-state index in [-0.39, 0.29) is 5.91 Å². The Balaban J connectivity index is 1.77. The molecule has 0 fully saturated rings. The second-order valence-corrected chi connectivity index (χ2v) is 5.89. The van der Waals surface area contributed by atoms with Crippen LogP contribution in [0.15, 0.2) is 12.1 Å². The van der Waals surface area contributed by atoms with Crippen LogP contribution in [0.2, 0.25) is 5.02 Å². The molecule has 132 valence electrons. The van der Waals surface area contributed by atoms with Crippen LogP contribution in [0.25, 0.3) is 0 Å². The van der Waals surface area contributed by atoms with Crippen molar-refractivity contribution >= 4 is 23.5 Å². The first kappa shape index (κ1) is 18.2. The van der Waals surface area contributed by atoms with Gasteiger partial charge in [-0.25, -0.2) is 4.79 Å². The summed E-state index contributed by atoms with van der Waals surface area (Å²) in [7, 11) is 0. The van der Waals surface area contributed by atoms with Gasteiger partial charge in [-0.1, -0.05) is 11.6 Å². The van der Waals surface area contributed by atoms with E-state index in [1.165, 1.54) is 0 Å². The Labute approximate surface area is 145 Å². The summed E-state index contributed by atoms with van der Waals surface area (Å²) in [5, 5.41) is 5.81. The minimum Gasteiger partial charge on any atom is -0.489 e. The molecule has 0 spiro atoms. The number of rotatable bonds is 7. The van der Waals surface area contributed by atoms with Gasteiger partial charge < -0.3 is 25.8 Å². The standard InChI is InChI=1S/C16H22ClN3O4/c17-12-8-11(9-13-15(12)24-7-3-6-23-13)10-20-14(21)4-1-2-5-19-16(18)22/h8-9H,1-7,10H2,(H,20,21)(H3,18,19,22). The van der Waals surface area contributed by atoms with E-state index in [2.05, 4.69) is 10.6 Å². The maximum atomic E-state index is 11.8. The summed E-state index contributed by atoms with van der Waals surface area (Å²) in [6.07, 6.45) is 2.57. The van der Waals surface area contributed by atoms with Crippen molar-refractivity contribution in [1.82, 2.24) is 10.6 Å². The first-order valence-electron chi connectivity index (χ1n) is 7.94. The van der Waals surface area contributed by atoms with Crippen LogP contribution >= 0.6 is 11.6 Å². The molecule has 3 amide bonds. The Morgan fingerprint density at radius 3 is 2.75 bits per heavy atom. The molecule has 0 aliphatic carbocycles. The third-order valence-corrected chi connectivity index (χ3v) is 3.76. The SMILES string of the molecule is NC(=O)NCCCCC(=O)NCc1cc(Cl)c2c(c1)OCCCO2. The summed E-state index contributed by atoms with van der Waals surface area (Å²) in [6.45, 7) is 2.00. The highest BCUT2D eigenvalue weighted by atomic mass is 35.5. The Morgan fingerprint density at radius 2 is 1.96 bits per heavy atom. The molecule has 0 saturated carbocycles. The molecule has 7 nitrogen and oxygen atoms in total. The lowest BCUT2D eigenvalue weighted by Gasteiger charge is -2.12. The molecular weight excluding hydrogens is 334 g/mol. The molecule has 24 heavy (non-hydrogen) atoms. The third-order valence-electron chi connectivity index (χ3n) is 3.48. The minimum atomic E-state index is -0.550. The molecule has 1 heterocycles. The zero-order chi connectivity index (χ0) is 17.4. The van der Waals surface area contributed by atoms with Gasteiger partial charge in [0.1, 0.15) is 0 Å². The van der Waals surface area contributed by atoms with Crippen molar-refractivity contribution in [2.45, 2.75) is 32.2 Å². The van der Waals surface area contributed by atoms with Crippen molar-refractivity contribution in [3.8, 4) is 11.5 Å². The van der Waals surface area contributed by atoms with Crippen molar-refractivity contribution in [3.05, 3.63) is 22.7 Å². The molecule has 0 aromatic heterocycles. The number of carbonyl (C=O) groups excluding carboxylic acids is 2. The van der Waals surface area contributed by atoms with Crippen molar-refractivity contribution in [1.29, 1.82) is 0 Å². The van der Waals surface area contributed by atoms with E-state index in [1.807, 2.05) is 6.07 Å². The second kappa shape index (κ2) is 9.22. The number of nitrogens with two attached hydrogens (primary N) is 1. The van der Waals surface area contributed by atoms with E-state index >= 15 is 0 Å². The molecule has 1 aromatic carbocycles. The lowest BCUT2D eigenvalue weighted by molar-refractivity contribution is -0.121. The van der Waals surface area contributed by atoms with Crippen LogP contribution in [0, 0.1) is 0 Å². The number of primary amides is 1. The molecule has 0 atom stereocenters. The summed E-state index contributed by atoms with van der Waals surface area (Å²) in [5.41, 5.74) is 5.81. The van der Waals surface area contributed by atoms with Crippen molar-refractivity contribution < 1.29 is 19.1 Å². The zero-order valence-corrected chi connectivity index (χ0v) is 14.2. The normalized spacial score (nSPS) is 13.0. The van der Waals surface area contributed by atoms with Gasteiger partial charge >= 0.3 is 6.03 Å². The van der Waals surface area contributed by atoms with Crippen LogP contribution < -0.4 is 25.8 Å². The van der Waals surface area contributed by atoms with Crippen LogP contribution in [-0.2, 0) is 11.3 Å². The van der Waals surface area contributed by atoms with Gasteiger partial charge in [-0.05, 0) is 30.5 Å². The molecular formula is C16H22ClN3O4. The predicted molar refractivity (Wildman–Crippen MR) is 90.3 cm³/mol. The maximum absolute atomic E-state index is 11.8. The molecule has 2 rings (SSSR count). The average Bonchev–Trinajstić information content (AvgIpc) is 2.78. The van der Waals surface area contributed by atoms with E-state index in [0.29, 0.717) is 62.1 Å². The zero-order valence-electron chi connectivity index (χ0n) is 13.4. The number of urea groups is 1. The average molecular weight is 356 g/mol. The molecule has 1 aromatic rings. The molecule has 0 bridgehead atoms. The molecule has 0 radical (unpaired) electrons. The van der Waals surface area contributed by atoms with Gasteiger partial charge in [0.15, 0.2) is 11.5 Å². The molecule has 4 N–H and O–H groups in total. The number of unbranched alkanes of at least 4 members (excludes halogenated alkanes) is 1. The number of carbonyl (C=O) groups is 2. The van der Waals surface area contributed by atoms with E-state index in [4.69, 9.17) is 26.8 Å². The number of hydrogen-bond donors (Lipinski definition) is 3. The number of hydrogen-bond acceptors (Lipinski definition) is 4. The molecule has 0 saturated heterocycles. The number of ether oxygens (including phenoxy) is 2. The van der Waals surface area contributed by atoms with Gasteiger partial charge in [0, 0.05) is 25.9 Å². The van der Waals surface area contributed by atoms with E-state index in [1.54, 1.807) is 6.07 Å². The highest BCUT2D eigenvalue weighted by Gasteiger charge is 2.15. The van der Waals surface area contributed by atoms with Gasteiger partial charge in [-0.15, -0.1) is 0 Å². The first-order valence-corrected chi connectivity index (χ1v) is 8.32. The molecule has 8 heteroatoms. The molecule has 0 unspecified atom stereocenters. The number of fused-ring (bicyclic) bond motifs is 1. The second-order valence-electron chi connectivity index (χ2n) is 5.48. The Kier molecular flexibility index (Phi) is 6.99. The first-order chi connectivity index (χ1) is 11.6. The summed E-state index contributed by atoms with van der Waals surface area (Å²) in [5.74, 6) is 1.12. The van der Waals surface area contributed by atoms with Gasteiger partial charge in [0.05, 0.1) is 18.2 Å². The summed E-state index contributed by atoms with van der Waals surface area (Å²) in [4.78, 5) is 22.3. The minimum absolute atomic E-state index is 0.0580. The lowest BCUT2D eigenvalue weighted by Crippen LogP contribution is -2.30. The predicted octanol–water partition coefficient (Wildman–Crippen LogP) is 1.96. The summed E-state index contributed by atoms with van der Waals surface area (Å²) < 4.78 is 11.2. The number of halogens is 1. The van der Waals surface area contributed by atoms with E-state index in [0.717, 1.165) is 12.0 Å². The Hall–Kier alpha value is -2.15. The van der Waals surface area contributed by atoms with Crippen LogP contribution in [0.3, 0.4) is 0 Å². The van der Waals surface area contributed by atoms with Crippen LogP contribution in [0.1, 0.15) is 31.2 Å². The fraction of sp³-hybridized carbons (Fsp3) is 0.500. The Bertz CT molecular complexity index is 595. The quantitative estimate of drug-likeness (QED) is 0.650. The van der Waals surface area contributed by atoms with E-state index in [9.17, 15) is 9.59 Å². The lowest BCUT2D eigenvalue weighted by atomic mass is 10.2. The number of benzene rings is 1. The Morgan fingerprint density at radius 1 is 1.17 bits per heavy atom. The van der Waals surface area contributed by atoms with Crippen molar-refractivity contribution in [2.75, 3.05) is 19.8 Å². The maximum Gasteiger partial charge on any atom is 0.312 e. The number of nitrogens with one attached hydrogen (secondary N) is 2. The third kappa shape index (κ3) is 5.81. The molecule has 1 aliphatic rings. The summed E-state index contributed by atoms with van der Waals surface area (Å²) in [6, 6.07) is 3.06. The van der Waals surface area contributed by atoms with Crippen LogP contribution in [0.4, 0.5) is 4.79 Å². The smallest absolute Gasteiger partial charge is 0.312 e.